The van der Waals surface area contributed by atoms with E-state index < -0.39 is 0 Å². The van der Waals surface area contributed by atoms with Crippen LogP contribution in [0.3, 0.4) is 0 Å². The van der Waals surface area contributed by atoms with Crippen molar-refractivity contribution in [1.82, 2.24) is 14.9 Å². The smallest absolute Gasteiger partial charge is 0.222 e. The Kier molecular flexibility index (Phi) is 4.31. The third-order valence-corrected chi connectivity index (χ3v) is 3.45. The van der Waals surface area contributed by atoms with Crippen LogP contribution in [0.4, 0.5) is 5.95 Å². The molecule has 1 aromatic heterocycles. The van der Waals surface area contributed by atoms with Gasteiger partial charge in [-0.1, -0.05) is 0 Å². The largest absolute Gasteiger partial charge is 0.354 e. The molecule has 0 amide bonds. The van der Waals surface area contributed by atoms with Crippen molar-refractivity contribution in [2.75, 3.05) is 32.0 Å². The summed E-state index contributed by atoms with van der Waals surface area (Å²) in [6.07, 6.45) is 7.58. The Morgan fingerprint density at radius 1 is 1.29 bits per heavy atom. The molecule has 17 heavy (non-hydrogen) atoms. The summed E-state index contributed by atoms with van der Waals surface area (Å²) in [5, 5.41) is 3.29. The van der Waals surface area contributed by atoms with Gasteiger partial charge in [0.25, 0.3) is 0 Å². The van der Waals surface area contributed by atoms with Gasteiger partial charge in [0.1, 0.15) is 0 Å². The maximum Gasteiger partial charge on any atom is 0.222 e. The fourth-order valence-electron chi connectivity index (χ4n) is 2.22. The molecule has 4 nitrogen and oxygen atoms in total. The molecule has 0 unspecified atom stereocenters. The van der Waals surface area contributed by atoms with E-state index in [0.29, 0.717) is 0 Å². The van der Waals surface area contributed by atoms with Crippen LogP contribution in [0.25, 0.3) is 0 Å². The van der Waals surface area contributed by atoms with E-state index >= 15 is 0 Å². The molecule has 4 heteroatoms. The van der Waals surface area contributed by atoms with Gasteiger partial charge in [-0.05, 0) is 57.8 Å². The van der Waals surface area contributed by atoms with Crippen molar-refractivity contribution in [3.63, 3.8) is 0 Å². The van der Waals surface area contributed by atoms with E-state index in [2.05, 4.69) is 27.2 Å². The summed E-state index contributed by atoms with van der Waals surface area (Å²) < 4.78 is 0. The lowest BCUT2D eigenvalue weighted by Crippen LogP contribution is -2.30. The molecule has 0 atom stereocenters. The number of rotatable bonds is 4. The number of aryl methyl sites for hydroxylation is 1. The third kappa shape index (κ3) is 3.97. The molecule has 0 radical (unpaired) electrons. The van der Waals surface area contributed by atoms with Gasteiger partial charge >= 0.3 is 0 Å². The number of nitrogens with zero attached hydrogens (tertiary/aromatic N) is 3. The van der Waals surface area contributed by atoms with Gasteiger partial charge in [-0.15, -0.1) is 0 Å². The van der Waals surface area contributed by atoms with E-state index in [-0.39, 0.29) is 0 Å². The first kappa shape index (κ1) is 12.3. The van der Waals surface area contributed by atoms with Gasteiger partial charge in [0.15, 0.2) is 0 Å². The highest BCUT2D eigenvalue weighted by Gasteiger charge is 2.15. The predicted molar refractivity (Wildman–Crippen MR) is 70.1 cm³/mol. The van der Waals surface area contributed by atoms with Crippen molar-refractivity contribution >= 4 is 5.95 Å². The summed E-state index contributed by atoms with van der Waals surface area (Å²) in [4.78, 5) is 10.9. The van der Waals surface area contributed by atoms with Crippen molar-refractivity contribution in [3.8, 4) is 0 Å². The average molecular weight is 234 g/mol. The molecular weight excluding hydrogens is 212 g/mol. The Bertz CT molecular complexity index is 328. The molecule has 94 valence electrons. The summed E-state index contributed by atoms with van der Waals surface area (Å²) in [6.45, 7) is 5.47. The number of anilines is 1. The Balaban J connectivity index is 1.67. The standard InChI is InChI=1S/C13H22N4/c1-11-9-15-13(16-10-11)14-6-3-12-4-7-17(2)8-5-12/h9-10,12H,3-8H2,1-2H3,(H,14,15,16). The molecule has 1 aromatic rings. The first-order valence-electron chi connectivity index (χ1n) is 6.45. The third-order valence-electron chi connectivity index (χ3n) is 3.45. The molecule has 0 bridgehead atoms. The lowest BCUT2D eigenvalue weighted by molar-refractivity contribution is 0.215. The van der Waals surface area contributed by atoms with Crippen molar-refractivity contribution in [1.29, 1.82) is 0 Å². The second-order valence-corrected chi connectivity index (χ2v) is 5.05. The molecule has 0 aromatic carbocycles. The number of hydrogen-bond donors (Lipinski definition) is 1. The van der Waals surface area contributed by atoms with E-state index in [1.807, 2.05) is 19.3 Å². The molecule has 0 spiro atoms. The average Bonchev–Trinajstić information content (AvgIpc) is 2.34. The molecule has 0 aliphatic carbocycles. The van der Waals surface area contributed by atoms with E-state index in [4.69, 9.17) is 0 Å². The molecular formula is C13H22N4. The Morgan fingerprint density at radius 2 is 1.94 bits per heavy atom. The molecule has 2 rings (SSSR count). The summed E-state index contributed by atoms with van der Waals surface area (Å²) in [7, 11) is 2.20. The van der Waals surface area contributed by atoms with Crippen molar-refractivity contribution in [2.24, 2.45) is 5.92 Å². The number of nitrogens with one attached hydrogen (secondary N) is 1. The van der Waals surface area contributed by atoms with Crippen LogP contribution < -0.4 is 5.32 Å². The zero-order chi connectivity index (χ0) is 12.1. The van der Waals surface area contributed by atoms with Crippen LogP contribution in [0.2, 0.25) is 0 Å². The SMILES string of the molecule is Cc1cnc(NCCC2CCN(C)CC2)nc1. The van der Waals surface area contributed by atoms with Gasteiger partial charge in [-0.25, -0.2) is 9.97 Å². The van der Waals surface area contributed by atoms with E-state index in [1.165, 1.54) is 32.4 Å². The fraction of sp³-hybridized carbons (Fsp3) is 0.692. The molecule has 0 saturated carbocycles. The summed E-state index contributed by atoms with van der Waals surface area (Å²) in [5.41, 5.74) is 1.10. The van der Waals surface area contributed by atoms with Gasteiger partial charge in [0.05, 0.1) is 0 Å². The minimum absolute atomic E-state index is 0.753. The lowest BCUT2D eigenvalue weighted by atomic mass is 9.94. The number of likely N-dealkylation sites (tertiary alicyclic amines) is 1. The fourth-order valence-corrected chi connectivity index (χ4v) is 2.22. The van der Waals surface area contributed by atoms with Gasteiger partial charge < -0.3 is 10.2 Å². The first-order chi connectivity index (χ1) is 8.24. The van der Waals surface area contributed by atoms with Crippen molar-refractivity contribution in [3.05, 3.63) is 18.0 Å². The molecule has 1 aliphatic rings. The Morgan fingerprint density at radius 3 is 2.59 bits per heavy atom. The van der Waals surface area contributed by atoms with Crippen LogP contribution in [0, 0.1) is 12.8 Å². The van der Waals surface area contributed by atoms with E-state index in [1.54, 1.807) is 0 Å². The molecule has 1 aliphatic heterocycles. The maximum absolute atomic E-state index is 4.24. The Labute approximate surface area is 103 Å². The highest BCUT2D eigenvalue weighted by atomic mass is 15.1. The molecule has 2 heterocycles. The lowest BCUT2D eigenvalue weighted by Gasteiger charge is -2.28. The van der Waals surface area contributed by atoms with Crippen LogP contribution in [-0.4, -0.2) is 41.5 Å². The summed E-state index contributed by atoms with van der Waals surface area (Å²) in [5.74, 6) is 1.62. The summed E-state index contributed by atoms with van der Waals surface area (Å²) >= 11 is 0. The molecule has 1 fully saturated rings. The maximum atomic E-state index is 4.24. The van der Waals surface area contributed by atoms with Crippen LogP contribution in [-0.2, 0) is 0 Å². The highest BCUT2D eigenvalue weighted by Crippen LogP contribution is 2.19. The van der Waals surface area contributed by atoms with Crippen LogP contribution in [0.5, 0.6) is 0 Å². The monoisotopic (exact) mass is 234 g/mol. The van der Waals surface area contributed by atoms with Gasteiger partial charge in [-0.2, -0.15) is 0 Å². The predicted octanol–water partition coefficient (Wildman–Crippen LogP) is 1.93. The van der Waals surface area contributed by atoms with Gasteiger partial charge in [0, 0.05) is 18.9 Å². The van der Waals surface area contributed by atoms with Gasteiger partial charge in [-0.3, -0.25) is 0 Å². The van der Waals surface area contributed by atoms with E-state index in [0.717, 1.165) is 24.0 Å². The minimum Gasteiger partial charge on any atom is -0.354 e. The second-order valence-electron chi connectivity index (χ2n) is 5.05. The number of piperidine rings is 1. The second kappa shape index (κ2) is 5.96. The zero-order valence-electron chi connectivity index (χ0n) is 10.8. The van der Waals surface area contributed by atoms with Crippen molar-refractivity contribution in [2.45, 2.75) is 26.2 Å². The van der Waals surface area contributed by atoms with Crippen LogP contribution in [0.15, 0.2) is 12.4 Å². The van der Waals surface area contributed by atoms with Crippen LogP contribution in [0.1, 0.15) is 24.8 Å². The van der Waals surface area contributed by atoms with E-state index in [9.17, 15) is 0 Å². The number of hydrogen-bond acceptors (Lipinski definition) is 4. The zero-order valence-corrected chi connectivity index (χ0v) is 10.8. The van der Waals surface area contributed by atoms with Crippen LogP contribution >= 0.6 is 0 Å². The first-order valence-corrected chi connectivity index (χ1v) is 6.45. The Hall–Kier alpha value is -1.16. The molecule has 1 N–H and O–H groups in total. The quantitative estimate of drug-likeness (QED) is 0.864. The van der Waals surface area contributed by atoms with Gasteiger partial charge in [0.2, 0.25) is 5.95 Å². The molecule has 1 saturated heterocycles. The minimum atomic E-state index is 0.753. The topological polar surface area (TPSA) is 41.1 Å². The number of aromatic nitrogens is 2. The van der Waals surface area contributed by atoms with Crippen molar-refractivity contribution < 1.29 is 0 Å². The highest BCUT2D eigenvalue weighted by molar-refractivity contribution is 5.23. The summed E-state index contributed by atoms with van der Waals surface area (Å²) in [6, 6.07) is 0. The normalized spacial score (nSPS) is 18.2.